The van der Waals surface area contributed by atoms with Gasteiger partial charge in [0.2, 0.25) is 0 Å². The van der Waals surface area contributed by atoms with Crippen molar-refractivity contribution in [2.75, 3.05) is 0 Å². The van der Waals surface area contributed by atoms with E-state index in [1.54, 1.807) is 12.8 Å². The maximum absolute atomic E-state index is 3.83. The molecule has 0 atom stereocenters. The highest BCUT2D eigenvalue weighted by Gasteiger charge is 2.27. The van der Waals surface area contributed by atoms with Gasteiger partial charge < -0.3 is 0 Å². The quantitative estimate of drug-likeness (QED) is 0.561. The Balaban J connectivity index is 1.69. The van der Waals surface area contributed by atoms with Crippen molar-refractivity contribution in [1.82, 2.24) is 0 Å². The summed E-state index contributed by atoms with van der Waals surface area (Å²) < 4.78 is 0. The van der Waals surface area contributed by atoms with E-state index in [1.807, 2.05) is 0 Å². The second-order valence-corrected chi connectivity index (χ2v) is 6.04. The molecular formula is C16H28. The van der Waals surface area contributed by atoms with Crippen molar-refractivity contribution in [3.05, 3.63) is 12.7 Å². The molecule has 0 aromatic rings. The van der Waals surface area contributed by atoms with Gasteiger partial charge in [-0.2, -0.15) is 0 Å². The number of allylic oxidation sites excluding steroid dienone is 1. The summed E-state index contributed by atoms with van der Waals surface area (Å²) in [6.45, 7) is 3.83. The standard InChI is InChI=1S/C16H28/c1-2-3-7-14-10-12-16(13-11-14)15-8-5-4-6-9-15/h2,14-16H,1,3-13H2. The maximum atomic E-state index is 3.83. The second kappa shape index (κ2) is 6.47. The Kier molecular flexibility index (Phi) is 4.93. The highest BCUT2D eigenvalue weighted by molar-refractivity contribution is 4.81. The van der Waals surface area contributed by atoms with Crippen LogP contribution in [0.25, 0.3) is 0 Å². The van der Waals surface area contributed by atoms with E-state index < -0.39 is 0 Å². The molecular weight excluding hydrogens is 192 g/mol. The first-order valence-corrected chi connectivity index (χ1v) is 7.51. The van der Waals surface area contributed by atoms with Crippen molar-refractivity contribution in [3.8, 4) is 0 Å². The minimum absolute atomic E-state index is 1.03. The van der Waals surface area contributed by atoms with Crippen LogP contribution in [0.3, 0.4) is 0 Å². The molecule has 0 saturated heterocycles. The van der Waals surface area contributed by atoms with Crippen molar-refractivity contribution in [3.63, 3.8) is 0 Å². The van der Waals surface area contributed by atoms with E-state index in [1.165, 1.54) is 57.8 Å². The SMILES string of the molecule is C=CCCC1CCC(C2CCCCC2)CC1. The zero-order valence-electron chi connectivity index (χ0n) is 10.8. The van der Waals surface area contributed by atoms with Crippen LogP contribution in [-0.2, 0) is 0 Å². The second-order valence-electron chi connectivity index (χ2n) is 6.04. The molecule has 0 bridgehead atoms. The lowest BCUT2D eigenvalue weighted by Crippen LogP contribution is -2.23. The topological polar surface area (TPSA) is 0 Å². The van der Waals surface area contributed by atoms with Crippen LogP contribution in [0.15, 0.2) is 12.7 Å². The van der Waals surface area contributed by atoms with Gasteiger partial charge in [-0.05, 0) is 43.4 Å². The zero-order chi connectivity index (χ0) is 11.2. The Hall–Kier alpha value is -0.260. The van der Waals surface area contributed by atoms with Gasteiger partial charge in [-0.3, -0.25) is 0 Å². The van der Waals surface area contributed by atoms with Gasteiger partial charge in [-0.15, -0.1) is 6.58 Å². The third-order valence-corrected chi connectivity index (χ3v) is 4.99. The van der Waals surface area contributed by atoms with Crippen LogP contribution in [0.5, 0.6) is 0 Å². The average Bonchev–Trinajstić information content (AvgIpc) is 2.38. The molecule has 0 aromatic carbocycles. The smallest absolute Gasteiger partial charge is 0.0351 e. The summed E-state index contributed by atoms with van der Waals surface area (Å²) in [4.78, 5) is 0. The summed E-state index contributed by atoms with van der Waals surface area (Å²) in [6, 6.07) is 0. The molecule has 0 spiro atoms. The highest BCUT2D eigenvalue weighted by Crippen LogP contribution is 2.40. The molecule has 0 amide bonds. The molecule has 16 heavy (non-hydrogen) atoms. The lowest BCUT2D eigenvalue weighted by atomic mass is 9.70. The predicted molar refractivity (Wildman–Crippen MR) is 71.5 cm³/mol. The van der Waals surface area contributed by atoms with Gasteiger partial charge >= 0.3 is 0 Å². The Morgan fingerprint density at radius 3 is 2.06 bits per heavy atom. The van der Waals surface area contributed by atoms with Crippen LogP contribution in [0.2, 0.25) is 0 Å². The predicted octanol–water partition coefficient (Wildman–Crippen LogP) is 5.34. The summed E-state index contributed by atoms with van der Waals surface area (Å²) in [5, 5.41) is 0. The maximum Gasteiger partial charge on any atom is -0.0351 e. The Labute approximate surface area is 102 Å². The molecule has 2 aliphatic carbocycles. The van der Waals surface area contributed by atoms with Crippen molar-refractivity contribution >= 4 is 0 Å². The van der Waals surface area contributed by atoms with E-state index in [4.69, 9.17) is 0 Å². The zero-order valence-corrected chi connectivity index (χ0v) is 10.8. The van der Waals surface area contributed by atoms with Crippen molar-refractivity contribution in [2.45, 2.75) is 70.6 Å². The molecule has 0 heteroatoms. The largest absolute Gasteiger partial charge is 0.103 e. The first-order valence-electron chi connectivity index (χ1n) is 7.51. The molecule has 2 aliphatic rings. The molecule has 0 aromatic heterocycles. The molecule has 2 fully saturated rings. The molecule has 2 rings (SSSR count). The monoisotopic (exact) mass is 220 g/mol. The van der Waals surface area contributed by atoms with E-state index in [2.05, 4.69) is 12.7 Å². The van der Waals surface area contributed by atoms with Crippen LogP contribution in [-0.4, -0.2) is 0 Å². The fraction of sp³-hybridized carbons (Fsp3) is 0.875. The summed E-state index contributed by atoms with van der Waals surface area (Å²) in [7, 11) is 0. The Bertz CT molecular complexity index is 192. The first kappa shape index (κ1) is 12.2. The van der Waals surface area contributed by atoms with Crippen molar-refractivity contribution in [2.24, 2.45) is 17.8 Å². The molecule has 92 valence electrons. The van der Waals surface area contributed by atoms with Gasteiger partial charge in [0.05, 0.1) is 0 Å². The highest BCUT2D eigenvalue weighted by atomic mass is 14.3. The Morgan fingerprint density at radius 1 is 0.812 bits per heavy atom. The minimum Gasteiger partial charge on any atom is -0.103 e. The lowest BCUT2D eigenvalue weighted by molar-refractivity contribution is 0.164. The van der Waals surface area contributed by atoms with Gasteiger partial charge in [0.25, 0.3) is 0 Å². The molecule has 0 heterocycles. The van der Waals surface area contributed by atoms with Gasteiger partial charge in [0.1, 0.15) is 0 Å². The first-order chi connectivity index (χ1) is 7.90. The third kappa shape index (κ3) is 3.37. The van der Waals surface area contributed by atoms with Crippen LogP contribution in [0.1, 0.15) is 70.6 Å². The van der Waals surface area contributed by atoms with E-state index in [-0.39, 0.29) is 0 Å². The van der Waals surface area contributed by atoms with E-state index in [0.717, 1.165) is 17.8 Å². The average molecular weight is 220 g/mol. The van der Waals surface area contributed by atoms with Crippen molar-refractivity contribution < 1.29 is 0 Å². The third-order valence-electron chi connectivity index (χ3n) is 4.99. The van der Waals surface area contributed by atoms with E-state index >= 15 is 0 Å². The van der Waals surface area contributed by atoms with Crippen LogP contribution < -0.4 is 0 Å². The van der Waals surface area contributed by atoms with E-state index in [0.29, 0.717) is 0 Å². The van der Waals surface area contributed by atoms with Gasteiger partial charge in [0.15, 0.2) is 0 Å². The summed E-state index contributed by atoms with van der Waals surface area (Å²) in [6.07, 6.45) is 18.4. The molecule has 0 radical (unpaired) electrons. The molecule has 0 aliphatic heterocycles. The number of hydrogen-bond donors (Lipinski definition) is 0. The fourth-order valence-corrected chi connectivity index (χ4v) is 3.91. The van der Waals surface area contributed by atoms with Gasteiger partial charge in [-0.1, -0.05) is 51.0 Å². The Morgan fingerprint density at radius 2 is 1.44 bits per heavy atom. The van der Waals surface area contributed by atoms with Crippen LogP contribution in [0, 0.1) is 17.8 Å². The molecule has 2 saturated carbocycles. The van der Waals surface area contributed by atoms with Crippen molar-refractivity contribution in [1.29, 1.82) is 0 Å². The summed E-state index contributed by atoms with van der Waals surface area (Å²) in [5.41, 5.74) is 0. The summed E-state index contributed by atoms with van der Waals surface area (Å²) >= 11 is 0. The number of hydrogen-bond acceptors (Lipinski definition) is 0. The van der Waals surface area contributed by atoms with Gasteiger partial charge in [0, 0.05) is 0 Å². The molecule has 0 nitrogen and oxygen atoms in total. The lowest BCUT2D eigenvalue weighted by Gasteiger charge is -2.35. The number of rotatable bonds is 4. The normalized spacial score (nSPS) is 32.5. The van der Waals surface area contributed by atoms with Gasteiger partial charge in [-0.25, -0.2) is 0 Å². The minimum atomic E-state index is 1.03. The molecule has 0 N–H and O–H groups in total. The van der Waals surface area contributed by atoms with E-state index in [9.17, 15) is 0 Å². The van der Waals surface area contributed by atoms with Crippen LogP contribution in [0.4, 0.5) is 0 Å². The van der Waals surface area contributed by atoms with Crippen LogP contribution >= 0.6 is 0 Å². The summed E-state index contributed by atoms with van der Waals surface area (Å²) in [5.74, 6) is 3.23. The fourth-order valence-electron chi connectivity index (χ4n) is 3.91. The molecule has 0 unspecified atom stereocenters.